The van der Waals surface area contributed by atoms with Gasteiger partial charge in [0.2, 0.25) is 11.8 Å². The van der Waals surface area contributed by atoms with Crippen LogP contribution in [0.15, 0.2) is 0 Å². The van der Waals surface area contributed by atoms with E-state index in [4.69, 9.17) is 11.5 Å². The lowest BCUT2D eigenvalue weighted by molar-refractivity contribution is -0.142. The summed E-state index contributed by atoms with van der Waals surface area (Å²) in [5, 5.41) is 14.5. The Bertz CT molecular complexity index is 448. The number of carboxylic acids is 1. The number of amides is 2. The molecule has 9 heteroatoms. The van der Waals surface area contributed by atoms with E-state index in [1.165, 1.54) is 11.8 Å². The lowest BCUT2D eigenvalue weighted by Gasteiger charge is -2.23. The molecular weight excluding hydrogens is 356 g/mol. The van der Waals surface area contributed by atoms with Gasteiger partial charge in [0, 0.05) is 0 Å². The van der Waals surface area contributed by atoms with Crippen molar-refractivity contribution in [1.82, 2.24) is 10.6 Å². The van der Waals surface area contributed by atoms with Gasteiger partial charge in [0.05, 0.1) is 6.04 Å². The highest BCUT2D eigenvalue weighted by atomic mass is 32.2. The molecule has 26 heavy (non-hydrogen) atoms. The molecule has 0 aliphatic carbocycles. The van der Waals surface area contributed by atoms with E-state index in [-0.39, 0.29) is 5.92 Å². The number of aliphatic carboxylic acids is 1. The SMILES string of the molecule is CSCC[C@H](NC(=O)[C@H](CCCCN)NC(=O)[C@@H](N)CC(C)C)C(=O)O. The van der Waals surface area contributed by atoms with Crippen LogP contribution in [0, 0.1) is 5.92 Å². The van der Waals surface area contributed by atoms with Crippen molar-refractivity contribution in [2.45, 2.75) is 64.1 Å². The second-order valence-electron chi connectivity index (χ2n) is 6.76. The zero-order valence-electron chi connectivity index (χ0n) is 16.0. The first-order valence-electron chi connectivity index (χ1n) is 9.01. The first-order chi connectivity index (χ1) is 12.2. The first kappa shape index (κ1) is 24.7. The predicted molar refractivity (Wildman–Crippen MR) is 105 cm³/mol. The van der Waals surface area contributed by atoms with Crippen LogP contribution in [-0.4, -0.2) is 59.6 Å². The zero-order valence-corrected chi connectivity index (χ0v) is 16.8. The molecular formula is C17H34N4O4S. The Balaban J connectivity index is 4.94. The average Bonchev–Trinajstić information content (AvgIpc) is 2.56. The van der Waals surface area contributed by atoms with Gasteiger partial charge in [-0.1, -0.05) is 13.8 Å². The summed E-state index contributed by atoms with van der Waals surface area (Å²) in [6.45, 7) is 4.41. The van der Waals surface area contributed by atoms with Gasteiger partial charge in [-0.3, -0.25) is 9.59 Å². The van der Waals surface area contributed by atoms with Gasteiger partial charge in [-0.05, 0) is 56.6 Å². The third kappa shape index (κ3) is 10.6. The van der Waals surface area contributed by atoms with E-state index >= 15 is 0 Å². The van der Waals surface area contributed by atoms with Gasteiger partial charge in [0.15, 0.2) is 0 Å². The number of carbonyl (C=O) groups excluding carboxylic acids is 2. The van der Waals surface area contributed by atoms with E-state index in [1.54, 1.807) is 0 Å². The Labute approximate surface area is 160 Å². The maximum absolute atomic E-state index is 12.5. The zero-order chi connectivity index (χ0) is 20.1. The van der Waals surface area contributed by atoms with Crippen molar-refractivity contribution in [3.8, 4) is 0 Å². The quantitative estimate of drug-likeness (QED) is 0.268. The number of hydrogen-bond acceptors (Lipinski definition) is 6. The number of nitrogens with one attached hydrogen (secondary N) is 2. The van der Waals surface area contributed by atoms with Crippen molar-refractivity contribution < 1.29 is 19.5 Å². The van der Waals surface area contributed by atoms with Crippen LogP contribution in [0.25, 0.3) is 0 Å². The molecule has 0 fully saturated rings. The monoisotopic (exact) mass is 390 g/mol. The molecule has 152 valence electrons. The Morgan fingerprint density at radius 3 is 2.15 bits per heavy atom. The lowest BCUT2D eigenvalue weighted by Crippen LogP contribution is -2.54. The fourth-order valence-electron chi connectivity index (χ4n) is 2.42. The van der Waals surface area contributed by atoms with Crippen LogP contribution in [-0.2, 0) is 14.4 Å². The third-order valence-electron chi connectivity index (χ3n) is 3.87. The highest BCUT2D eigenvalue weighted by Crippen LogP contribution is 2.07. The molecule has 0 rings (SSSR count). The molecule has 0 aromatic carbocycles. The Morgan fingerprint density at radius 1 is 1.04 bits per heavy atom. The molecule has 0 aromatic heterocycles. The maximum atomic E-state index is 12.5. The van der Waals surface area contributed by atoms with E-state index < -0.39 is 35.9 Å². The highest BCUT2D eigenvalue weighted by Gasteiger charge is 2.27. The van der Waals surface area contributed by atoms with Gasteiger partial charge in [0.25, 0.3) is 0 Å². The van der Waals surface area contributed by atoms with E-state index in [2.05, 4.69) is 10.6 Å². The van der Waals surface area contributed by atoms with Crippen LogP contribution < -0.4 is 22.1 Å². The van der Waals surface area contributed by atoms with E-state index in [0.29, 0.717) is 44.4 Å². The van der Waals surface area contributed by atoms with E-state index in [1.807, 2.05) is 20.1 Å². The lowest BCUT2D eigenvalue weighted by atomic mass is 10.0. The normalized spacial score (nSPS) is 14.5. The average molecular weight is 391 g/mol. The molecule has 7 N–H and O–H groups in total. The highest BCUT2D eigenvalue weighted by molar-refractivity contribution is 7.98. The number of nitrogens with two attached hydrogens (primary N) is 2. The van der Waals surface area contributed by atoms with Crippen molar-refractivity contribution in [3.63, 3.8) is 0 Å². The second kappa shape index (κ2) is 13.8. The number of carbonyl (C=O) groups is 3. The van der Waals surface area contributed by atoms with Crippen LogP contribution >= 0.6 is 11.8 Å². The molecule has 0 aliphatic heterocycles. The predicted octanol–water partition coefficient (Wildman–Crippen LogP) is 0.296. The molecule has 8 nitrogen and oxygen atoms in total. The molecule has 0 radical (unpaired) electrons. The van der Waals surface area contributed by atoms with Gasteiger partial charge in [0.1, 0.15) is 12.1 Å². The van der Waals surface area contributed by atoms with Crippen LogP contribution in [0.4, 0.5) is 0 Å². The van der Waals surface area contributed by atoms with Gasteiger partial charge in [-0.15, -0.1) is 0 Å². The minimum Gasteiger partial charge on any atom is -0.480 e. The Kier molecular flexibility index (Phi) is 13.1. The number of rotatable bonds is 14. The van der Waals surface area contributed by atoms with E-state index in [9.17, 15) is 19.5 Å². The molecule has 0 spiro atoms. The second-order valence-corrected chi connectivity index (χ2v) is 7.75. The summed E-state index contributed by atoms with van der Waals surface area (Å²) in [6, 6.07) is -2.50. The molecule has 0 aromatic rings. The first-order valence-corrected chi connectivity index (χ1v) is 10.4. The minimum absolute atomic E-state index is 0.253. The Morgan fingerprint density at radius 2 is 1.65 bits per heavy atom. The molecule has 0 saturated heterocycles. The summed E-state index contributed by atoms with van der Waals surface area (Å²) in [4.78, 5) is 36.1. The maximum Gasteiger partial charge on any atom is 0.326 e. The summed E-state index contributed by atoms with van der Waals surface area (Å²) in [7, 11) is 0. The molecule has 0 aliphatic rings. The summed E-state index contributed by atoms with van der Waals surface area (Å²) >= 11 is 1.51. The largest absolute Gasteiger partial charge is 0.480 e. The van der Waals surface area contributed by atoms with Gasteiger partial charge < -0.3 is 27.2 Å². The standard InChI is InChI=1S/C17H34N4O4S/c1-11(2)10-12(19)15(22)20-13(6-4-5-8-18)16(23)21-14(17(24)25)7-9-26-3/h11-14H,4-10,18-19H2,1-3H3,(H,20,22)(H,21,23)(H,24,25)/t12-,13-,14-/m0/s1. The molecule has 0 saturated carbocycles. The minimum atomic E-state index is -1.09. The van der Waals surface area contributed by atoms with Crippen LogP contribution in [0.3, 0.4) is 0 Å². The summed E-state index contributed by atoms with van der Waals surface area (Å²) in [6.07, 6.45) is 4.45. The van der Waals surface area contributed by atoms with Crippen LogP contribution in [0.2, 0.25) is 0 Å². The molecule has 2 amide bonds. The number of unbranched alkanes of at least 4 members (excludes halogenated alkanes) is 1. The molecule has 3 atom stereocenters. The number of carboxylic acid groups (broad SMARTS) is 1. The van der Waals surface area contributed by atoms with Crippen molar-refractivity contribution in [1.29, 1.82) is 0 Å². The summed E-state index contributed by atoms with van der Waals surface area (Å²) in [5.74, 6) is -1.12. The number of thioether (sulfide) groups is 1. The smallest absolute Gasteiger partial charge is 0.326 e. The summed E-state index contributed by atoms with van der Waals surface area (Å²) < 4.78 is 0. The fourth-order valence-corrected chi connectivity index (χ4v) is 2.89. The molecule has 0 unspecified atom stereocenters. The van der Waals surface area contributed by atoms with Crippen LogP contribution in [0.1, 0.15) is 46.0 Å². The summed E-state index contributed by atoms with van der Waals surface area (Å²) in [5.41, 5.74) is 11.4. The van der Waals surface area contributed by atoms with Gasteiger partial charge in [-0.2, -0.15) is 11.8 Å². The molecule has 0 bridgehead atoms. The van der Waals surface area contributed by atoms with E-state index in [0.717, 1.165) is 0 Å². The van der Waals surface area contributed by atoms with Crippen molar-refractivity contribution >= 4 is 29.5 Å². The fraction of sp³-hybridized carbons (Fsp3) is 0.824. The number of hydrogen-bond donors (Lipinski definition) is 5. The molecule has 0 heterocycles. The Hall–Kier alpha value is -1.32. The van der Waals surface area contributed by atoms with Crippen molar-refractivity contribution in [2.75, 3.05) is 18.6 Å². The van der Waals surface area contributed by atoms with Gasteiger partial charge in [-0.25, -0.2) is 4.79 Å². The van der Waals surface area contributed by atoms with Crippen molar-refractivity contribution in [3.05, 3.63) is 0 Å². The van der Waals surface area contributed by atoms with Crippen molar-refractivity contribution in [2.24, 2.45) is 17.4 Å². The third-order valence-corrected chi connectivity index (χ3v) is 4.51. The van der Waals surface area contributed by atoms with Gasteiger partial charge >= 0.3 is 5.97 Å². The topological polar surface area (TPSA) is 148 Å². The van der Waals surface area contributed by atoms with Crippen LogP contribution in [0.5, 0.6) is 0 Å².